The van der Waals surface area contributed by atoms with E-state index in [2.05, 4.69) is 19.1 Å². The van der Waals surface area contributed by atoms with Gasteiger partial charge in [-0.3, -0.25) is 0 Å². The van der Waals surface area contributed by atoms with E-state index in [0.29, 0.717) is 5.75 Å². The lowest BCUT2D eigenvalue weighted by Crippen LogP contribution is -1.97. The fraction of sp³-hybridized carbons (Fsp3) is 0.200. The smallest absolute Gasteiger partial charge is 0.253 e. The molecular formula is C15H16ClO+. The SMILES string of the molecule is CCc1ccccc1C(Cl)c1ccc([OH2+])cc1. The van der Waals surface area contributed by atoms with Gasteiger partial charge in [-0.25, -0.2) is 0 Å². The lowest BCUT2D eigenvalue weighted by atomic mass is 9.98. The van der Waals surface area contributed by atoms with Gasteiger partial charge < -0.3 is 5.11 Å². The van der Waals surface area contributed by atoms with E-state index in [1.54, 1.807) is 12.1 Å². The van der Waals surface area contributed by atoms with Gasteiger partial charge in [-0.15, -0.1) is 11.6 Å². The number of halogens is 1. The average Bonchev–Trinajstić information content (AvgIpc) is 2.39. The molecule has 0 aliphatic heterocycles. The number of alkyl halides is 1. The Balaban J connectivity index is 2.36. The summed E-state index contributed by atoms with van der Waals surface area (Å²) in [5.74, 6) is 0.515. The normalized spacial score (nSPS) is 12.4. The summed E-state index contributed by atoms with van der Waals surface area (Å²) in [6, 6.07) is 15.6. The van der Waals surface area contributed by atoms with E-state index in [0.717, 1.165) is 17.5 Å². The fourth-order valence-corrected chi connectivity index (χ4v) is 2.29. The van der Waals surface area contributed by atoms with Crippen LogP contribution in [-0.4, -0.2) is 5.11 Å². The van der Waals surface area contributed by atoms with Crippen molar-refractivity contribution in [3.8, 4) is 5.75 Å². The molecule has 0 aromatic heterocycles. The van der Waals surface area contributed by atoms with Crippen LogP contribution < -0.4 is 0 Å². The van der Waals surface area contributed by atoms with E-state index in [1.807, 2.05) is 24.3 Å². The summed E-state index contributed by atoms with van der Waals surface area (Å²) in [6.07, 6.45) is 0.982. The van der Waals surface area contributed by atoms with Crippen LogP contribution in [-0.2, 0) is 6.42 Å². The molecule has 88 valence electrons. The number of hydrogen-bond acceptors (Lipinski definition) is 0. The molecule has 0 saturated heterocycles. The van der Waals surface area contributed by atoms with E-state index in [-0.39, 0.29) is 5.38 Å². The molecule has 17 heavy (non-hydrogen) atoms. The third-order valence-electron chi connectivity index (χ3n) is 2.91. The van der Waals surface area contributed by atoms with Gasteiger partial charge in [0.15, 0.2) is 0 Å². The molecule has 2 N–H and O–H groups in total. The summed E-state index contributed by atoms with van der Waals surface area (Å²) < 4.78 is 0. The van der Waals surface area contributed by atoms with Crippen LogP contribution >= 0.6 is 11.6 Å². The van der Waals surface area contributed by atoms with Crippen LogP contribution in [0, 0.1) is 0 Å². The monoisotopic (exact) mass is 247 g/mol. The quantitative estimate of drug-likeness (QED) is 0.578. The highest BCUT2D eigenvalue weighted by Gasteiger charge is 2.13. The minimum absolute atomic E-state index is 0.133. The van der Waals surface area contributed by atoms with Crippen LogP contribution in [0.15, 0.2) is 48.5 Å². The molecule has 1 unspecified atom stereocenters. The average molecular weight is 248 g/mol. The van der Waals surface area contributed by atoms with E-state index >= 15 is 0 Å². The zero-order valence-electron chi connectivity index (χ0n) is 9.78. The second-order valence-electron chi connectivity index (χ2n) is 4.04. The third kappa shape index (κ3) is 2.62. The van der Waals surface area contributed by atoms with Crippen LogP contribution in [0.5, 0.6) is 5.75 Å². The Morgan fingerprint density at radius 3 is 2.35 bits per heavy atom. The predicted octanol–water partition coefficient (Wildman–Crippen LogP) is 4.02. The molecule has 0 spiro atoms. The van der Waals surface area contributed by atoms with Crippen LogP contribution in [0.4, 0.5) is 0 Å². The van der Waals surface area contributed by atoms with E-state index in [4.69, 9.17) is 16.7 Å². The number of hydrogen-bond donors (Lipinski definition) is 0. The highest BCUT2D eigenvalue weighted by molar-refractivity contribution is 6.22. The zero-order valence-corrected chi connectivity index (χ0v) is 10.5. The topological polar surface area (TPSA) is 22.9 Å². The van der Waals surface area contributed by atoms with Crippen LogP contribution in [0.3, 0.4) is 0 Å². The first-order valence-corrected chi connectivity index (χ1v) is 6.19. The lowest BCUT2D eigenvalue weighted by molar-refractivity contribution is 0.475. The molecule has 0 saturated carbocycles. The molecule has 0 aliphatic carbocycles. The Morgan fingerprint density at radius 1 is 1.06 bits per heavy atom. The van der Waals surface area contributed by atoms with E-state index in [1.165, 1.54) is 5.56 Å². The van der Waals surface area contributed by atoms with Gasteiger partial charge in [0.25, 0.3) is 5.75 Å². The van der Waals surface area contributed by atoms with Gasteiger partial charge in [0.2, 0.25) is 0 Å². The van der Waals surface area contributed by atoms with Gasteiger partial charge in [-0.2, -0.15) is 0 Å². The zero-order chi connectivity index (χ0) is 12.3. The summed E-state index contributed by atoms with van der Waals surface area (Å²) in [6.45, 7) is 2.13. The molecule has 0 amide bonds. The Morgan fingerprint density at radius 2 is 1.71 bits per heavy atom. The molecule has 0 bridgehead atoms. The molecular weight excluding hydrogens is 232 g/mol. The summed E-state index contributed by atoms with van der Waals surface area (Å²) in [5.41, 5.74) is 3.49. The highest BCUT2D eigenvalue weighted by Crippen LogP contribution is 2.31. The summed E-state index contributed by atoms with van der Waals surface area (Å²) in [7, 11) is 0. The standard InChI is InChI=1S/C15H15ClO/c1-2-11-5-3-4-6-14(11)15(16)12-7-9-13(17)10-8-12/h3-10,15,17H,2H2,1H3/p+1. The maximum absolute atomic E-state index is 7.47. The number of benzene rings is 2. The van der Waals surface area contributed by atoms with Crippen molar-refractivity contribution in [1.82, 2.24) is 0 Å². The fourth-order valence-electron chi connectivity index (χ4n) is 1.94. The van der Waals surface area contributed by atoms with Gasteiger partial charge >= 0.3 is 0 Å². The first-order valence-electron chi connectivity index (χ1n) is 5.75. The van der Waals surface area contributed by atoms with Gasteiger partial charge in [0.1, 0.15) is 0 Å². The molecule has 2 aromatic carbocycles. The Bertz CT molecular complexity index is 491. The van der Waals surface area contributed by atoms with Crippen molar-refractivity contribution < 1.29 is 5.11 Å². The minimum Gasteiger partial charge on any atom is -0.593 e. The molecule has 1 atom stereocenters. The first kappa shape index (κ1) is 12.0. The van der Waals surface area contributed by atoms with Crippen molar-refractivity contribution in [2.75, 3.05) is 0 Å². The third-order valence-corrected chi connectivity index (χ3v) is 3.40. The molecule has 2 rings (SSSR count). The number of rotatable bonds is 3. The first-order chi connectivity index (χ1) is 8.22. The second-order valence-corrected chi connectivity index (χ2v) is 4.47. The molecule has 0 heterocycles. The van der Waals surface area contributed by atoms with Crippen molar-refractivity contribution in [3.63, 3.8) is 0 Å². The molecule has 2 aromatic rings. The maximum Gasteiger partial charge on any atom is 0.253 e. The van der Waals surface area contributed by atoms with E-state index in [9.17, 15) is 0 Å². The van der Waals surface area contributed by atoms with Gasteiger partial charge in [0.05, 0.1) is 5.38 Å². The summed E-state index contributed by atoms with van der Waals surface area (Å²) in [4.78, 5) is 0. The van der Waals surface area contributed by atoms with Gasteiger partial charge in [-0.05, 0) is 35.2 Å². The molecule has 0 radical (unpaired) electrons. The second kappa shape index (κ2) is 5.24. The van der Waals surface area contributed by atoms with Crippen molar-refractivity contribution in [2.24, 2.45) is 0 Å². The summed E-state index contributed by atoms with van der Waals surface area (Å²) in [5, 5.41) is 7.34. The van der Waals surface area contributed by atoms with Crippen LogP contribution in [0.1, 0.15) is 29.0 Å². The molecule has 0 aliphatic rings. The minimum atomic E-state index is -0.133. The highest BCUT2D eigenvalue weighted by atomic mass is 35.5. The largest absolute Gasteiger partial charge is 0.593 e. The Hall–Kier alpha value is -1.47. The van der Waals surface area contributed by atoms with Crippen molar-refractivity contribution >= 4 is 11.6 Å². The molecule has 2 heteroatoms. The van der Waals surface area contributed by atoms with Crippen LogP contribution in [0.2, 0.25) is 0 Å². The van der Waals surface area contributed by atoms with Crippen LogP contribution in [0.25, 0.3) is 0 Å². The van der Waals surface area contributed by atoms with Gasteiger partial charge in [0, 0.05) is 12.1 Å². The lowest BCUT2D eigenvalue weighted by Gasteiger charge is -2.14. The van der Waals surface area contributed by atoms with Crippen molar-refractivity contribution in [3.05, 3.63) is 65.2 Å². The van der Waals surface area contributed by atoms with E-state index < -0.39 is 0 Å². The Kier molecular flexibility index (Phi) is 3.70. The molecule has 1 nitrogen and oxygen atoms in total. The predicted molar refractivity (Wildman–Crippen MR) is 73.0 cm³/mol. The van der Waals surface area contributed by atoms with Crippen molar-refractivity contribution in [2.45, 2.75) is 18.7 Å². The maximum atomic E-state index is 7.47. The summed E-state index contributed by atoms with van der Waals surface area (Å²) >= 11 is 6.51. The van der Waals surface area contributed by atoms with Crippen molar-refractivity contribution in [1.29, 1.82) is 0 Å². The molecule has 0 fully saturated rings. The van der Waals surface area contributed by atoms with Gasteiger partial charge in [-0.1, -0.05) is 31.2 Å². The Labute approximate surface area is 107 Å². The number of aryl methyl sites for hydroxylation is 1.